The Morgan fingerprint density at radius 1 is 1.07 bits per heavy atom. The molecule has 0 spiro atoms. The van der Waals surface area contributed by atoms with Crippen LogP contribution in [-0.2, 0) is 28.5 Å². The van der Waals surface area contributed by atoms with Gasteiger partial charge in [-0.15, -0.1) is 0 Å². The number of nitrogens with one attached hydrogen (secondary N) is 1. The van der Waals surface area contributed by atoms with Crippen molar-refractivity contribution in [3.8, 4) is 0 Å². The highest BCUT2D eigenvalue weighted by Crippen LogP contribution is 2.37. The zero-order chi connectivity index (χ0) is 31.3. The van der Waals surface area contributed by atoms with Gasteiger partial charge in [0, 0.05) is 31.6 Å². The molecule has 2 aromatic rings. The zero-order valence-electron chi connectivity index (χ0n) is 23.3. The first-order valence-corrected chi connectivity index (χ1v) is 13.3. The number of aryl methyl sites for hydroxylation is 1. The quantitative estimate of drug-likeness (QED) is 0.368. The van der Waals surface area contributed by atoms with Gasteiger partial charge in [-0.2, -0.15) is 31.4 Å². The lowest BCUT2D eigenvalue weighted by Gasteiger charge is -2.17. The van der Waals surface area contributed by atoms with E-state index in [0.717, 1.165) is 6.54 Å². The van der Waals surface area contributed by atoms with Crippen LogP contribution in [0.2, 0.25) is 0 Å². The van der Waals surface area contributed by atoms with E-state index in [1.807, 2.05) is 32.2 Å². The van der Waals surface area contributed by atoms with E-state index in [1.54, 1.807) is 23.2 Å². The fourth-order valence-corrected chi connectivity index (χ4v) is 4.19. The molecule has 42 heavy (non-hydrogen) atoms. The molecule has 1 aromatic carbocycles. The second-order valence-corrected chi connectivity index (χ2v) is 9.64. The van der Waals surface area contributed by atoms with Crippen molar-refractivity contribution < 1.29 is 40.3 Å². The second kappa shape index (κ2) is 16.3. The molecule has 232 valence electrons. The number of halogens is 7. The van der Waals surface area contributed by atoms with E-state index in [0.29, 0.717) is 44.4 Å². The van der Waals surface area contributed by atoms with Crippen LogP contribution < -0.4 is 5.73 Å². The van der Waals surface area contributed by atoms with Crippen molar-refractivity contribution in [3.63, 3.8) is 0 Å². The predicted molar refractivity (Wildman–Crippen MR) is 145 cm³/mol. The molecule has 3 aliphatic rings. The molecular formula is C29H35F7N4O2. The van der Waals surface area contributed by atoms with Crippen LogP contribution in [-0.4, -0.2) is 46.2 Å². The average molecular weight is 605 g/mol. The highest BCUT2D eigenvalue weighted by molar-refractivity contribution is 5.79. The Bertz CT molecular complexity index is 1170. The van der Waals surface area contributed by atoms with Crippen molar-refractivity contribution in [2.45, 2.75) is 70.6 Å². The number of allylic oxidation sites excluding steroid dienone is 6. The number of H-pyrrole nitrogens is 1. The number of carbonyl (C=O) groups is 1. The van der Waals surface area contributed by atoms with Crippen molar-refractivity contribution >= 4 is 5.91 Å². The highest BCUT2D eigenvalue weighted by Gasteiger charge is 2.40. The van der Waals surface area contributed by atoms with Crippen LogP contribution in [0.15, 0.2) is 66.8 Å². The fourth-order valence-electron chi connectivity index (χ4n) is 4.19. The van der Waals surface area contributed by atoms with Gasteiger partial charge in [0.2, 0.25) is 5.91 Å². The van der Waals surface area contributed by atoms with Gasteiger partial charge in [-0.1, -0.05) is 31.2 Å². The molecule has 2 fully saturated rings. The molecule has 1 amide bonds. The number of nitrogens with zero attached hydrogens (tertiary/aromatic N) is 2. The van der Waals surface area contributed by atoms with E-state index in [4.69, 9.17) is 10.5 Å². The number of aromatic nitrogens is 2. The minimum atomic E-state index is -4.88. The maximum Gasteiger partial charge on any atom is 0.416 e. The van der Waals surface area contributed by atoms with Crippen molar-refractivity contribution in [1.82, 2.24) is 15.1 Å². The van der Waals surface area contributed by atoms with Crippen LogP contribution in [0.4, 0.5) is 30.7 Å². The van der Waals surface area contributed by atoms with Crippen molar-refractivity contribution in [2.75, 3.05) is 13.1 Å². The van der Waals surface area contributed by atoms with Crippen LogP contribution in [0.5, 0.6) is 0 Å². The van der Waals surface area contributed by atoms with Crippen LogP contribution in [0.1, 0.15) is 54.9 Å². The number of aromatic amines is 1. The van der Waals surface area contributed by atoms with Crippen molar-refractivity contribution in [3.05, 3.63) is 89.1 Å². The smallest absolute Gasteiger partial charge is 0.372 e. The summed E-state index contributed by atoms with van der Waals surface area (Å²) < 4.78 is 94.6. The number of alkyl halides is 6. The lowest BCUT2D eigenvalue weighted by molar-refractivity contribution is -0.143. The molecule has 1 aliphatic carbocycles. The van der Waals surface area contributed by atoms with E-state index in [9.17, 15) is 35.5 Å². The van der Waals surface area contributed by atoms with Crippen LogP contribution in [0, 0.1) is 6.92 Å². The standard InChI is InChI=1S/C16H15F6NO2.C7H7F.C4H6N2.C2H7N/c17-15(18,19)10-3-9(4-11(5-10)16(20,21)22)8-25-13-6-12-1-2-14(24)23(12)7-13;8-7-5-3-1-2-4-6-7;1-4-2-5-6-3-4;1-2-3/h3-5,12-13H,1-2,6-8H2;1-5H,6H2;2-3H,1H3,(H,5,6);2-3H2,1H3. The summed E-state index contributed by atoms with van der Waals surface area (Å²) in [6.07, 6.45) is 4.27. The first kappa shape index (κ1) is 34.7. The number of hydrogen-bond acceptors (Lipinski definition) is 4. The number of rotatable bonds is 3. The molecule has 6 nitrogen and oxygen atoms in total. The van der Waals surface area contributed by atoms with E-state index in [-0.39, 0.29) is 42.1 Å². The third-order valence-corrected chi connectivity index (χ3v) is 6.10. The third kappa shape index (κ3) is 11.8. The summed E-state index contributed by atoms with van der Waals surface area (Å²) in [4.78, 5) is 13.3. The average Bonchev–Trinajstić information content (AvgIpc) is 3.59. The van der Waals surface area contributed by atoms with Gasteiger partial charge in [0.05, 0.1) is 30.0 Å². The Labute approximate surface area is 240 Å². The number of fused-ring (bicyclic) bond motifs is 1. The molecule has 1 aromatic heterocycles. The molecule has 13 heteroatoms. The number of carbonyl (C=O) groups excluding carboxylic acids is 1. The van der Waals surface area contributed by atoms with Gasteiger partial charge in [-0.25, -0.2) is 4.39 Å². The normalized spacial score (nSPS) is 19.4. The third-order valence-electron chi connectivity index (χ3n) is 6.10. The van der Waals surface area contributed by atoms with Gasteiger partial charge >= 0.3 is 12.4 Å². The molecule has 3 N–H and O–H groups in total. The minimum absolute atomic E-state index is 0.00882. The van der Waals surface area contributed by atoms with Crippen molar-refractivity contribution in [1.29, 1.82) is 0 Å². The van der Waals surface area contributed by atoms with Gasteiger partial charge in [-0.05, 0) is 61.7 Å². The summed E-state index contributed by atoms with van der Waals surface area (Å²) >= 11 is 0. The molecule has 2 unspecified atom stereocenters. The summed E-state index contributed by atoms with van der Waals surface area (Å²) in [6, 6.07) is 1.48. The van der Waals surface area contributed by atoms with Gasteiger partial charge in [0.25, 0.3) is 0 Å². The van der Waals surface area contributed by atoms with E-state index in [1.165, 1.54) is 11.6 Å². The molecule has 2 atom stereocenters. The SMILES string of the molecule is CCN.Cc1cn[nH]c1.FC1=CC=CC=CC1.O=C1CCC2CC(OCc3cc(C(F)(F)F)cc(C(F)(F)F)c3)CN12. The number of hydrogen-bond donors (Lipinski definition) is 2. The minimum Gasteiger partial charge on any atom is -0.372 e. The first-order chi connectivity index (χ1) is 19.7. The Kier molecular flexibility index (Phi) is 13.4. The Morgan fingerprint density at radius 2 is 1.71 bits per heavy atom. The van der Waals surface area contributed by atoms with E-state index < -0.39 is 23.5 Å². The van der Waals surface area contributed by atoms with Gasteiger partial charge < -0.3 is 15.4 Å². The topological polar surface area (TPSA) is 84.2 Å². The number of nitrogens with two attached hydrogens (primary N) is 1. The molecule has 2 aliphatic heterocycles. The predicted octanol–water partition coefficient (Wildman–Crippen LogP) is 7.04. The highest BCUT2D eigenvalue weighted by atomic mass is 19.4. The Balaban J connectivity index is 0.000000293. The van der Waals surface area contributed by atoms with Crippen molar-refractivity contribution in [2.24, 2.45) is 5.73 Å². The summed E-state index contributed by atoms with van der Waals surface area (Å²) in [6.45, 7) is 4.60. The fraction of sp³-hybridized carbons (Fsp3) is 0.448. The zero-order valence-corrected chi connectivity index (χ0v) is 23.3. The molecule has 5 rings (SSSR count). The number of ether oxygens (including phenoxy) is 1. The largest absolute Gasteiger partial charge is 0.416 e. The van der Waals surface area contributed by atoms with Crippen LogP contribution in [0.25, 0.3) is 0 Å². The lowest BCUT2D eigenvalue weighted by Crippen LogP contribution is -2.28. The summed E-state index contributed by atoms with van der Waals surface area (Å²) in [5.41, 5.74) is 3.11. The molecule has 2 saturated heterocycles. The maximum atomic E-state index is 12.8. The maximum absolute atomic E-state index is 12.8. The summed E-state index contributed by atoms with van der Waals surface area (Å²) in [5, 5.41) is 6.38. The Hall–Kier alpha value is -3.45. The molecular weight excluding hydrogens is 569 g/mol. The molecule has 0 saturated carbocycles. The number of benzene rings is 1. The Morgan fingerprint density at radius 3 is 2.21 bits per heavy atom. The van der Waals surface area contributed by atoms with Gasteiger partial charge in [-0.3, -0.25) is 9.89 Å². The first-order valence-electron chi connectivity index (χ1n) is 13.3. The van der Waals surface area contributed by atoms with Crippen LogP contribution >= 0.6 is 0 Å². The number of amides is 1. The van der Waals surface area contributed by atoms with Gasteiger partial charge in [0.15, 0.2) is 0 Å². The van der Waals surface area contributed by atoms with Gasteiger partial charge in [0.1, 0.15) is 5.83 Å². The second-order valence-electron chi connectivity index (χ2n) is 9.64. The van der Waals surface area contributed by atoms with E-state index in [2.05, 4.69) is 10.2 Å². The summed E-state index contributed by atoms with van der Waals surface area (Å²) in [7, 11) is 0. The monoisotopic (exact) mass is 604 g/mol. The molecule has 3 heterocycles. The molecule has 0 radical (unpaired) electrons. The van der Waals surface area contributed by atoms with E-state index >= 15 is 0 Å². The lowest BCUT2D eigenvalue weighted by atomic mass is 10.0. The molecule has 0 bridgehead atoms. The summed E-state index contributed by atoms with van der Waals surface area (Å²) in [5.74, 6) is -0.0653. The van der Waals surface area contributed by atoms with Crippen LogP contribution in [0.3, 0.4) is 0 Å².